The van der Waals surface area contributed by atoms with Gasteiger partial charge in [0.1, 0.15) is 17.2 Å². The van der Waals surface area contributed by atoms with Gasteiger partial charge in [-0.3, -0.25) is 9.59 Å². The number of amidine groups is 1. The Morgan fingerprint density at radius 1 is 1.14 bits per heavy atom. The Balaban J connectivity index is 1.52. The summed E-state index contributed by atoms with van der Waals surface area (Å²) in [6, 6.07) is 9.48. The fourth-order valence-electron chi connectivity index (χ4n) is 5.27. The molecule has 1 unspecified atom stereocenters. The summed E-state index contributed by atoms with van der Waals surface area (Å²) >= 11 is 0. The van der Waals surface area contributed by atoms with Crippen molar-refractivity contribution in [3.05, 3.63) is 82.9 Å². The third kappa shape index (κ3) is 6.37. The molecule has 3 aromatic rings. The van der Waals surface area contributed by atoms with Gasteiger partial charge >= 0.3 is 0 Å². The monoisotopic (exact) mass is 604 g/mol. The van der Waals surface area contributed by atoms with Crippen molar-refractivity contribution in [1.29, 1.82) is 0 Å². The van der Waals surface area contributed by atoms with Gasteiger partial charge in [0, 0.05) is 80.3 Å². The van der Waals surface area contributed by atoms with Crippen LogP contribution < -0.4 is 10.1 Å². The number of aryl methyl sites for hydroxylation is 1. The maximum absolute atomic E-state index is 15.7. The lowest BCUT2D eigenvalue weighted by atomic mass is 9.98. The van der Waals surface area contributed by atoms with Crippen LogP contribution >= 0.6 is 0 Å². The van der Waals surface area contributed by atoms with Gasteiger partial charge in [0.15, 0.2) is 17.4 Å². The number of fused-ring (bicyclic) bond motifs is 1. The van der Waals surface area contributed by atoms with Crippen molar-refractivity contribution < 1.29 is 23.1 Å². The number of nitrogens with zero attached hydrogens (tertiary/aromatic N) is 4. The number of allylic oxidation sites excluding steroid dienone is 2. The minimum Gasteiger partial charge on any atom is -0.457 e. The molecule has 1 aromatic heterocycles. The number of rotatable bonds is 6. The maximum Gasteiger partial charge on any atom is 0.260 e. The third-order valence-corrected chi connectivity index (χ3v) is 8.07. The number of nitrogens with one attached hydrogen (secondary N) is 2. The van der Waals surface area contributed by atoms with Gasteiger partial charge in [0.2, 0.25) is 0 Å². The molecular formula is C33H38F2N6O3. The first-order chi connectivity index (χ1) is 21.1. The first kappa shape index (κ1) is 30.9. The Labute approximate surface area is 255 Å². The van der Waals surface area contributed by atoms with Crippen molar-refractivity contribution >= 4 is 34.2 Å². The van der Waals surface area contributed by atoms with Crippen LogP contribution in [0.5, 0.6) is 5.75 Å². The Bertz CT molecular complexity index is 1650. The van der Waals surface area contributed by atoms with E-state index in [4.69, 9.17) is 4.74 Å². The van der Waals surface area contributed by atoms with Gasteiger partial charge in [0.25, 0.3) is 11.8 Å². The van der Waals surface area contributed by atoms with Gasteiger partial charge in [-0.2, -0.15) is 0 Å². The van der Waals surface area contributed by atoms with Gasteiger partial charge in [-0.05, 0) is 57.6 Å². The number of likely N-dealkylation sites (N-methyl/N-ethyl adjacent to an activating group) is 2. The molecule has 232 valence electrons. The van der Waals surface area contributed by atoms with E-state index in [1.165, 1.54) is 11.0 Å². The average Bonchev–Trinajstić information content (AvgIpc) is 3.42. The van der Waals surface area contributed by atoms with Crippen molar-refractivity contribution in [2.24, 2.45) is 10.9 Å². The van der Waals surface area contributed by atoms with E-state index >= 15 is 8.78 Å². The zero-order valence-electron chi connectivity index (χ0n) is 25.7. The third-order valence-electron chi connectivity index (χ3n) is 8.07. The lowest BCUT2D eigenvalue weighted by Gasteiger charge is -2.32. The quantitative estimate of drug-likeness (QED) is 0.398. The van der Waals surface area contributed by atoms with Gasteiger partial charge in [-0.25, -0.2) is 13.8 Å². The highest BCUT2D eigenvalue weighted by molar-refractivity contribution is 6.25. The number of benzene rings is 2. The SMILES string of the molecule is CCN(C)C(=O)C1=C(Oc2cc(F)c3[nH]c(C)cc3c2F)C(C)CC=CN=C1Nc1ccc(C(=O)N2CCN(C)CC2)cc1. The van der Waals surface area contributed by atoms with E-state index in [9.17, 15) is 9.59 Å². The molecule has 44 heavy (non-hydrogen) atoms. The van der Waals surface area contributed by atoms with Crippen LogP contribution in [0, 0.1) is 24.5 Å². The molecule has 2 amide bonds. The second-order valence-corrected chi connectivity index (χ2v) is 11.4. The molecule has 2 aliphatic rings. The number of amides is 2. The number of aromatic nitrogens is 1. The number of anilines is 1. The highest BCUT2D eigenvalue weighted by Crippen LogP contribution is 2.34. The average molecular weight is 605 g/mol. The molecule has 1 saturated heterocycles. The number of carbonyl (C=O) groups is 2. The van der Waals surface area contributed by atoms with Crippen LogP contribution in [-0.4, -0.2) is 84.2 Å². The summed E-state index contributed by atoms with van der Waals surface area (Å²) in [5, 5.41) is 3.28. The Hall–Kier alpha value is -4.51. The van der Waals surface area contributed by atoms with Crippen LogP contribution in [0.4, 0.5) is 14.5 Å². The summed E-state index contributed by atoms with van der Waals surface area (Å²) in [4.78, 5) is 39.8. The first-order valence-electron chi connectivity index (χ1n) is 14.8. The minimum atomic E-state index is -0.731. The van der Waals surface area contributed by atoms with Crippen LogP contribution in [0.2, 0.25) is 0 Å². The van der Waals surface area contributed by atoms with E-state index in [2.05, 4.69) is 20.2 Å². The second kappa shape index (κ2) is 13.0. The molecular weight excluding hydrogens is 566 g/mol. The number of aliphatic imine (C=N–C) groups is 1. The lowest BCUT2D eigenvalue weighted by Crippen LogP contribution is -2.47. The molecule has 3 heterocycles. The molecule has 0 spiro atoms. The predicted octanol–water partition coefficient (Wildman–Crippen LogP) is 5.32. The van der Waals surface area contributed by atoms with E-state index in [-0.39, 0.29) is 45.6 Å². The number of H-pyrrole nitrogens is 1. The van der Waals surface area contributed by atoms with E-state index in [1.54, 1.807) is 44.4 Å². The molecule has 5 rings (SSSR count). The van der Waals surface area contributed by atoms with E-state index in [0.29, 0.717) is 43.0 Å². The summed E-state index contributed by atoms with van der Waals surface area (Å²) in [5.41, 5.74) is 1.91. The van der Waals surface area contributed by atoms with Gasteiger partial charge in [-0.15, -0.1) is 0 Å². The van der Waals surface area contributed by atoms with Crippen molar-refractivity contribution in [2.45, 2.75) is 27.2 Å². The van der Waals surface area contributed by atoms with E-state index in [1.807, 2.05) is 31.9 Å². The van der Waals surface area contributed by atoms with Crippen LogP contribution in [0.3, 0.4) is 0 Å². The van der Waals surface area contributed by atoms with Gasteiger partial charge < -0.3 is 29.7 Å². The fourth-order valence-corrected chi connectivity index (χ4v) is 5.27. The number of ether oxygens (including phenoxy) is 1. The molecule has 2 N–H and O–H groups in total. The molecule has 9 nitrogen and oxygen atoms in total. The molecule has 0 saturated carbocycles. The summed E-state index contributed by atoms with van der Waals surface area (Å²) in [5.74, 6) is -2.18. The number of aromatic amines is 1. The molecule has 0 bridgehead atoms. The molecule has 0 aliphatic carbocycles. The fraction of sp³-hybridized carbons (Fsp3) is 0.364. The maximum atomic E-state index is 15.7. The van der Waals surface area contributed by atoms with Crippen LogP contribution in [-0.2, 0) is 4.79 Å². The Morgan fingerprint density at radius 2 is 1.84 bits per heavy atom. The van der Waals surface area contributed by atoms with Crippen LogP contribution in [0.25, 0.3) is 10.9 Å². The highest BCUT2D eigenvalue weighted by Gasteiger charge is 2.31. The number of hydrogen-bond donors (Lipinski definition) is 2. The minimum absolute atomic E-state index is 0.0374. The Kier molecular flexibility index (Phi) is 9.14. The highest BCUT2D eigenvalue weighted by atomic mass is 19.1. The standard InChI is InChI=1S/C33H38F2N6O3/c1-6-40(5)33(43)27-30(44-26-19-25(34)29-24(28(26)35)18-21(3)37-29)20(2)8-7-13-36-31(27)38-23-11-9-22(10-12-23)32(42)41-16-14-39(4)15-17-41/h7,9-13,18-20,37H,6,8,14-17H2,1-5H3,(H,36,38). The molecule has 1 fully saturated rings. The van der Waals surface area contributed by atoms with Gasteiger partial charge in [0.05, 0.1) is 5.52 Å². The van der Waals surface area contributed by atoms with Crippen LogP contribution in [0.1, 0.15) is 36.3 Å². The zero-order valence-corrected chi connectivity index (χ0v) is 25.7. The normalized spacial score (nSPS) is 17.8. The topological polar surface area (TPSA) is 93.3 Å². The molecule has 11 heteroatoms. The van der Waals surface area contributed by atoms with E-state index < -0.39 is 17.5 Å². The van der Waals surface area contributed by atoms with Crippen LogP contribution in [0.15, 0.2) is 65.0 Å². The summed E-state index contributed by atoms with van der Waals surface area (Å²) in [7, 11) is 3.69. The number of piperazine rings is 1. The Morgan fingerprint density at radius 3 is 2.52 bits per heavy atom. The molecule has 0 radical (unpaired) electrons. The molecule has 2 aromatic carbocycles. The number of halogens is 2. The smallest absolute Gasteiger partial charge is 0.260 e. The zero-order chi connectivity index (χ0) is 31.5. The number of hydrogen-bond acceptors (Lipinski definition) is 6. The lowest BCUT2D eigenvalue weighted by molar-refractivity contribution is -0.125. The summed E-state index contributed by atoms with van der Waals surface area (Å²) in [6.07, 6.45) is 3.89. The van der Waals surface area contributed by atoms with Crippen molar-refractivity contribution in [3.8, 4) is 5.75 Å². The summed E-state index contributed by atoms with van der Waals surface area (Å²) < 4.78 is 36.8. The predicted molar refractivity (Wildman–Crippen MR) is 168 cm³/mol. The van der Waals surface area contributed by atoms with E-state index in [0.717, 1.165) is 19.2 Å². The van der Waals surface area contributed by atoms with Crippen molar-refractivity contribution in [1.82, 2.24) is 19.7 Å². The van der Waals surface area contributed by atoms with Gasteiger partial charge in [-0.1, -0.05) is 13.0 Å². The first-order valence-corrected chi connectivity index (χ1v) is 14.8. The van der Waals surface area contributed by atoms with Crippen molar-refractivity contribution in [2.75, 3.05) is 52.1 Å². The van der Waals surface area contributed by atoms with Crippen molar-refractivity contribution in [3.63, 3.8) is 0 Å². The number of carbonyl (C=O) groups excluding carboxylic acids is 2. The molecule has 2 aliphatic heterocycles. The largest absolute Gasteiger partial charge is 0.457 e. The summed E-state index contributed by atoms with van der Waals surface area (Å²) in [6.45, 7) is 8.79. The second-order valence-electron chi connectivity index (χ2n) is 11.4. The molecule has 1 atom stereocenters.